The van der Waals surface area contributed by atoms with Gasteiger partial charge in [-0.1, -0.05) is 65.7 Å². The highest BCUT2D eigenvalue weighted by atomic mass is 35.5. The molecule has 0 aromatic carbocycles. The second kappa shape index (κ2) is 8.94. The molecular formula is C16H27Cl2NO. The van der Waals surface area contributed by atoms with Crippen LogP contribution in [0.4, 0.5) is 0 Å². The van der Waals surface area contributed by atoms with Gasteiger partial charge in [0.1, 0.15) is 5.69 Å². The first-order chi connectivity index (χ1) is 9.53. The first-order valence-electron chi connectivity index (χ1n) is 7.85. The number of halogens is 2. The van der Waals surface area contributed by atoms with E-state index in [0.717, 1.165) is 18.5 Å². The van der Waals surface area contributed by atoms with Crippen LogP contribution in [-0.2, 0) is 5.41 Å². The Bertz CT molecular complexity index is 392. The lowest BCUT2D eigenvalue weighted by molar-refractivity contribution is 0.358. The molecule has 20 heavy (non-hydrogen) atoms. The van der Waals surface area contributed by atoms with E-state index >= 15 is 0 Å². The molecule has 1 unspecified atom stereocenters. The van der Waals surface area contributed by atoms with E-state index in [2.05, 4.69) is 25.8 Å². The summed E-state index contributed by atoms with van der Waals surface area (Å²) in [4.78, 5) is 4.32. The molecule has 116 valence electrons. The summed E-state index contributed by atoms with van der Waals surface area (Å²) >= 11 is 12.0. The van der Waals surface area contributed by atoms with Gasteiger partial charge in [-0.3, -0.25) is 0 Å². The molecule has 0 saturated heterocycles. The zero-order valence-electron chi connectivity index (χ0n) is 13.0. The van der Waals surface area contributed by atoms with E-state index in [9.17, 15) is 0 Å². The number of nitrogens with zero attached hydrogens (tertiary/aromatic N) is 1. The van der Waals surface area contributed by atoms with E-state index in [1.54, 1.807) is 0 Å². The number of hydrogen-bond acceptors (Lipinski definition) is 2. The van der Waals surface area contributed by atoms with Gasteiger partial charge in [0.2, 0.25) is 5.22 Å². The normalized spacial score (nSPS) is 14.4. The van der Waals surface area contributed by atoms with E-state index in [0.29, 0.717) is 5.22 Å². The van der Waals surface area contributed by atoms with Crippen LogP contribution < -0.4 is 0 Å². The summed E-state index contributed by atoms with van der Waals surface area (Å²) < 4.78 is 5.21. The third-order valence-corrected chi connectivity index (χ3v) is 4.46. The Hall–Kier alpha value is -0.210. The van der Waals surface area contributed by atoms with E-state index in [-0.39, 0.29) is 10.8 Å². The molecule has 0 amide bonds. The highest BCUT2D eigenvalue weighted by Crippen LogP contribution is 2.39. The van der Waals surface area contributed by atoms with Crippen LogP contribution in [0.25, 0.3) is 0 Å². The first kappa shape index (κ1) is 17.8. The number of hydrogen-bond donors (Lipinski definition) is 0. The minimum absolute atomic E-state index is 0.0179. The molecule has 2 nitrogen and oxygen atoms in total. The Morgan fingerprint density at radius 1 is 0.950 bits per heavy atom. The molecule has 0 aliphatic heterocycles. The van der Waals surface area contributed by atoms with Gasteiger partial charge in [0.15, 0.2) is 0 Å². The standard InChI is InChI=1S/C16H27Cl2NO/c1-4-6-8-9-10-12-16(3,11-7-5-2)13-14(17)20-15(18)19-13/h4-12H2,1-3H3. The van der Waals surface area contributed by atoms with Gasteiger partial charge in [-0.05, 0) is 36.0 Å². The number of rotatable bonds is 10. The van der Waals surface area contributed by atoms with Gasteiger partial charge in [0.25, 0.3) is 5.35 Å². The first-order valence-corrected chi connectivity index (χ1v) is 8.61. The lowest BCUT2D eigenvalue weighted by Gasteiger charge is -2.27. The molecule has 1 atom stereocenters. The lowest BCUT2D eigenvalue weighted by atomic mass is 9.77. The predicted molar refractivity (Wildman–Crippen MR) is 86.8 cm³/mol. The maximum Gasteiger partial charge on any atom is 0.293 e. The van der Waals surface area contributed by atoms with Crippen LogP contribution in [-0.4, -0.2) is 4.98 Å². The van der Waals surface area contributed by atoms with Crippen molar-refractivity contribution >= 4 is 23.2 Å². The molecule has 1 rings (SSSR count). The zero-order chi connectivity index (χ0) is 15.0. The number of oxazole rings is 1. The van der Waals surface area contributed by atoms with E-state index in [4.69, 9.17) is 27.6 Å². The molecule has 0 saturated carbocycles. The second-order valence-electron chi connectivity index (χ2n) is 5.92. The van der Waals surface area contributed by atoms with Crippen molar-refractivity contribution in [3.8, 4) is 0 Å². The Morgan fingerprint density at radius 3 is 2.10 bits per heavy atom. The van der Waals surface area contributed by atoms with Gasteiger partial charge >= 0.3 is 0 Å². The van der Waals surface area contributed by atoms with E-state index in [1.165, 1.54) is 44.9 Å². The monoisotopic (exact) mass is 319 g/mol. The fourth-order valence-electron chi connectivity index (χ4n) is 2.70. The van der Waals surface area contributed by atoms with Crippen LogP contribution in [0.2, 0.25) is 10.6 Å². The van der Waals surface area contributed by atoms with Crippen molar-refractivity contribution < 1.29 is 4.42 Å². The van der Waals surface area contributed by atoms with Gasteiger partial charge in [-0.15, -0.1) is 0 Å². The molecule has 1 aromatic rings. The average Bonchev–Trinajstić information content (AvgIpc) is 2.76. The molecule has 1 heterocycles. The molecule has 0 spiro atoms. The van der Waals surface area contributed by atoms with Gasteiger partial charge in [-0.25, -0.2) is 4.98 Å². The summed E-state index contributed by atoms with van der Waals surface area (Å²) in [5.41, 5.74) is 0.823. The smallest absolute Gasteiger partial charge is 0.293 e. The van der Waals surface area contributed by atoms with Crippen LogP contribution in [0.3, 0.4) is 0 Å². The number of aromatic nitrogens is 1. The summed E-state index contributed by atoms with van der Waals surface area (Å²) in [5.74, 6) is 0. The zero-order valence-corrected chi connectivity index (χ0v) is 14.5. The van der Waals surface area contributed by atoms with Crippen molar-refractivity contribution in [2.75, 3.05) is 0 Å². The Morgan fingerprint density at radius 2 is 1.55 bits per heavy atom. The van der Waals surface area contributed by atoms with Crippen molar-refractivity contribution in [2.24, 2.45) is 0 Å². The summed E-state index contributed by atoms with van der Waals surface area (Å²) in [5, 5.41) is 0.515. The number of unbranched alkanes of at least 4 members (excludes halogenated alkanes) is 5. The van der Waals surface area contributed by atoms with Gasteiger partial charge < -0.3 is 4.42 Å². The lowest BCUT2D eigenvalue weighted by Crippen LogP contribution is -2.23. The van der Waals surface area contributed by atoms with Crippen LogP contribution in [0.5, 0.6) is 0 Å². The van der Waals surface area contributed by atoms with Gasteiger partial charge in [0, 0.05) is 5.41 Å². The molecule has 0 aliphatic rings. The maximum absolute atomic E-state index is 6.16. The Balaban J connectivity index is 2.68. The summed E-state index contributed by atoms with van der Waals surface area (Å²) in [6.07, 6.45) is 10.9. The minimum atomic E-state index is -0.0179. The molecule has 0 bridgehead atoms. The van der Waals surface area contributed by atoms with Crippen molar-refractivity contribution in [2.45, 2.75) is 84.0 Å². The Labute approximate surface area is 133 Å². The van der Waals surface area contributed by atoms with Crippen LogP contribution in [0, 0.1) is 0 Å². The SMILES string of the molecule is CCCCCCCC(C)(CCCC)c1nc(Cl)oc1Cl. The molecular weight excluding hydrogens is 293 g/mol. The van der Waals surface area contributed by atoms with Crippen molar-refractivity contribution in [3.63, 3.8) is 0 Å². The van der Waals surface area contributed by atoms with Crippen LogP contribution >= 0.6 is 23.2 Å². The molecule has 0 radical (unpaired) electrons. The summed E-state index contributed by atoms with van der Waals surface area (Å²) in [6.45, 7) is 6.68. The molecule has 0 N–H and O–H groups in total. The largest absolute Gasteiger partial charge is 0.415 e. The average molecular weight is 320 g/mol. The molecule has 0 aliphatic carbocycles. The predicted octanol–water partition coefficient (Wildman–Crippen LogP) is 6.79. The second-order valence-corrected chi connectivity index (χ2v) is 6.58. The minimum Gasteiger partial charge on any atom is -0.415 e. The van der Waals surface area contributed by atoms with Gasteiger partial charge in [0.05, 0.1) is 0 Å². The third-order valence-electron chi connectivity index (χ3n) is 4.05. The maximum atomic E-state index is 6.16. The third kappa shape index (κ3) is 5.29. The highest BCUT2D eigenvalue weighted by Gasteiger charge is 2.32. The van der Waals surface area contributed by atoms with Crippen molar-refractivity contribution in [1.29, 1.82) is 0 Å². The highest BCUT2D eigenvalue weighted by molar-refractivity contribution is 6.31. The molecule has 4 heteroatoms. The fourth-order valence-corrected chi connectivity index (χ4v) is 3.24. The molecule has 0 fully saturated rings. The van der Waals surface area contributed by atoms with Crippen molar-refractivity contribution in [3.05, 3.63) is 16.3 Å². The van der Waals surface area contributed by atoms with Gasteiger partial charge in [-0.2, -0.15) is 0 Å². The summed E-state index contributed by atoms with van der Waals surface area (Å²) in [7, 11) is 0. The Kier molecular flexibility index (Phi) is 7.98. The van der Waals surface area contributed by atoms with Crippen molar-refractivity contribution in [1.82, 2.24) is 4.98 Å². The summed E-state index contributed by atoms with van der Waals surface area (Å²) in [6, 6.07) is 0. The van der Waals surface area contributed by atoms with E-state index < -0.39 is 0 Å². The van der Waals surface area contributed by atoms with E-state index in [1.807, 2.05) is 0 Å². The fraction of sp³-hybridized carbons (Fsp3) is 0.812. The van der Waals surface area contributed by atoms with Crippen LogP contribution in [0.15, 0.2) is 4.42 Å². The topological polar surface area (TPSA) is 26.0 Å². The van der Waals surface area contributed by atoms with Crippen LogP contribution in [0.1, 0.15) is 84.3 Å². The quantitative estimate of drug-likeness (QED) is 0.444. The molecule has 1 aromatic heterocycles.